The summed E-state index contributed by atoms with van der Waals surface area (Å²) >= 11 is 0. The lowest BCUT2D eigenvalue weighted by Crippen LogP contribution is -2.22. The van der Waals surface area contributed by atoms with Gasteiger partial charge in [-0.3, -0.25) is 0 Å². The van der Waals surface area contributed by atoms with Gasteiger partial charge in [-0.2, -0.15) is 0 Å². The normalized spacial score (nSPS) is 32.6. The Bertz CT molecular complexity index is 145. The highest BCUT2D eigenvalue weighted by molar-refractivity contribution is 4.76. The Morgan fingerprint density at radius 1 is 1.14 bits per heavy atom. The van der Waals surface area contributed by atoms with Crippen molar-refractivity contribution >= 4 is 0 Å². The Kier molecular flexibility index (Phi) is 4.94. The van der Waals surface area contributed by atoms with Crippen molar-refractivity contribution in [3.63, 3.8) is 0 Å². The van der Waals surface area contributed by atoms with Crippen LogP contribution in [0.1, 0.15) is 59.3 Å². The van der Waals surface area contributed by atoms with Crippen molar-refractivity contribution in [1.82, 2.24) is 0 Å². The minimum Gasteiger partial charge on any atom is -0.393 e. The summed E-state index contributed by atoms with van der Waals surface area (Å²) in [5, 5.41) is 9.35. The lowest BCUT2D eigenvalue weighted by Gasteiger charge is -2.32. The molecule has 1 N–H and O–H groups in total. The second kappa shape index (κ2) is 5.75. The molecule has 84 valence electrons. The van der Waals surface area contributed by atoms with Crippen molar-refractivity contribution in [2.24, 2.45) is 17.8 Å². The van der Waals surface area contributed by atoms with E-state index >= 15 is 0 Å². The van der Waals surface area contributed by atoms with Gasteiger partial charge in [-0.1, -0.05) is 33.1 Å². The van der Waals surface area contributed by atoms with Gasteiger partial charge in [-0.15, -0.1) is 0 Å². The maximum atomic E-state index is 9.35. The van der Waals surface area contributed by atoms with Crippen LogP contribution in [0.3, 0.4) is 0 Å². The van der Waals surface area contributed by atoms with E-state index in [-0.39, 0.29) is 6.10 Å². The van der Waals surface area contributed by atoms with Crippen LogP contribution in [0, 0.1) is 17.8 Å². The third-order valence-corrected chi connectivity index (χ3v) is 3.99. The summed E-state index contributed by atoms with van der Waals surface area (Å²) in [6, 6.07) is 0. The van der Waals surface area contributed by atoms with Gasteiger partial charge in [-0.05, 0) is 43.9 Å². The van der Waals surface area contributed by atoms with Gasteiger partial charge in [0.25, 0.3) is 0 Å². The molecule has 1 aliphatic carbocycles. The SMILES string of the molecule is CCC1CCC(C(C)CC(C)O)CC1. The summed E-state index contributed by atoms with van der Waals surface area (Å²) in [4.78, 5) is 0. The number of hydrogen-bond donors (Lipinski definition) is 1. The molecule has 2 unspecified atom stereocenters. The van der Waals surface area contributed by atoms with Gasteiger partial charge in [0.15, 0.2) is 0 Å². The smallest absolute Gasteiger partial charge is 0.0514 e. The molecule has 0 heterocycles. The van der Waals surface area contributed by atoms with Gasteiger partial charge in [0.2, 0.25) is 0 Å². The first-order valence-corrected chi connectivity index (χ1v) is 6.31. The predicted molar refractivity (Wildman–Crippen MR) is 61.2 cm³/mol. The van der Waals surface area contributed by atoms with E-state index in [9.17, 15) is 5.11 Å². The molecule has 1 nitrogen and oxygen atoms in total. The van der Waals surface area contributed by atoms with Crippen LogP contribution in [0.25, 0.3) is 0 Å². The number of aliphatic hydroxyl groups is 1. The van der Waals surface area contributed by atoms with Crippen LogP contribution in [0.15, 0.2) is 0 Å². The quantitative estimate of drug-likeness (QED) is 0.731. The Balaban J connectivity index is 2.26. The zero-order valence-corrected chi connectivity index (χ0v) is 10.00. The van der Waals surface area contributed by atoms with E-state index in [1.807, 2.05) is 6.92 Å². The summed E-state index contributed by atoms with van der Waals surface area (Å²) in [5.74, 6) is 2.59. The summed E-state index contributed by atoms with van der Waals surface area (Å²) in [5.41, 5.74) is 0. The summed E-state index contributed by atoms with van der Waals surface area (Å²) in [7, 11) is 0. The number of hydrogen-bond acceptors (Lipinski definition) is 1. The molecule has 0 spiro atoms. The van der Waals surface area contributed by atoms with Crippen molar-refractivity contribution in [3.05, 3.63) is 0 Å². The van der Waals surface area contributed by atoms with E-state index < -0.39 is 0 Å². The van der Waals surface area contributed by atoms with E-state index in [1.54, 1.807) is 0 Å². The first-order chi connectivity index (χ1) is 6.63. The maximum absolute atomic E-state index is 9.35. The average Bonchev–Trinajstić information content (AvgIpc) is 2.17. The van der Waals surface area contributed by atoms with Gasteiger partial charge in [0.05, 0.1) is 6.10 Å². The van der Waals surface area contributed by atoms with Crippen molar-refractivity contribution in [3.8, 4) is 0 Å². The molecular formula is C13H26O. The first kappa shape index (κ1) is 12.0. The highest BCUT2D eigenvalue weighted by Crippen LogP contribution is 2.36. The molecule has 0 aromatic rings. The highest BCUT2D eigenvalue weighted by atomic mass is 16.3. The molecule has 0 radical (unpaired) electrons. The van der Waals surface area contributed by atoms with Crippen LogP contribution in [0.5, 0.6) is 0 Å². The third-order valence-electron chi connectivity index (χ3n) is 3.99. The summed E-state index contributed by atoms with van der Waals surface area (Å²) in [6.07, 6.45) is 7.86. The van der Waals surface area contributed by atoms with Crippen LogP contribution in [-0.2, 0) is 0 Å². The molecule has 1 aliphatic rings. The van der Waals surface area contributed by atoms with Crippen LogP contribution in [0.4, 0.5) is 0 Å². The molecular weight excluding hydrogens is 172 g/mol. The Morgan fingerprint density at radius 2 is 1.71 bits per heavy atom. The average molecular weight is 198 g/mol. The zero-order chi connectivity index (χ0) is 10.6. The molecule has 1 heteroatoms. The minimum atomic E-state index is -0.117. The molecule has 0 saturated heterocycles. The van der Waals surface area contributed by atoms with Crippen LogP contribution < -0.4 is 0 Å². The van der Waals surface area contributed by atoms with E-state index in [2.05, 4.69) is 13.8 Å². The second-order valence-corrected chi connectivity index (χ2v) is 5.25. The van der Waals surface area contributed by atoms with Crippen molar-refractivity contribution in [2.45, 2.75) is 65.4 Å². The van der Waals surface area contributed by atoms with Crippen molar-refractivity contribution < 1.29 is 5.11 Å². The maximum Gasteiger partial charge on any atom is 0.0514 e. The molecule has 14 heavy (non-hydrogen) atoms. The fourth-order valence-electron chi connectivity index (χ4n) is 2.90. The summed E-state index contributed by atoms with van der Waals surface area (Å²) < 4.78 is 0. The first-order valence-electron chi connectivity index (χ1n) is 6.31. The number of aliphatic hydroxyl groups excluding tert-OH is 1. The Morgan fingerprint density at radius 3 is 2.14 bits per heavy atom. The molecule has 0 amide bonds. The molecule has 0 bridgehead atoms. The number of rotatable bonds is 4. The lowest BCUT2D eigenvalue weighted by atomic mass is 9.74. The molecule has 1 saturated carbocycles. The van der Waals surface area contributed by atoms with Crippen molar-refractivity contribution in [2.75, 3.05) is 0 Å². The minimum absolute atomic E-state index is 0.117. The van der Waals surface area contributed by atoms with Gasteiger partial charge in [0, 0.05) is 0 Å². The van der Waals surface area contributed by atoms with Gasteiger partial charge >= 0.3 is 0 Å². The van der Waals surface area contributed by atoms with Crippen LogP contribution in [-0.4, -0.2) is 11.2 Å². The van der Waals surface area contributed by atoms with E-state index in [0.29, 0.717) is 5.92 Å². The largest absolute Gasteiger partial charge is 0.393 e. The van der Waals surface area contributed by atoms with E-state index in [0.717, 1.165) is 18.3 Å². The Labute approximate surface area is 88.9 Å². The molecule has 0 aromatic heterocycles. The fraction of sp³-hybridized carbons (Fsp3) is 1.00. The van der Waals surface area contributed by atoms with E-state index in [1.165, 1.54) is 32.1 Å². The monoisotopic (exact) mass is 198 g/mol. The van der Waals surface area contributed by atoms with Gasteiger partial charge < -0.3 is 5.11 Å². The predicted octanol–water partition coefficient (Wildman–Crippen LogP) is 3.61. The Hall–Kier alpha value is -0.0400. The molecule has 0 aliphatic heterocycles. The molecule has 1 rings (SSSR count). The lowest BCUT2D eigenvalue weighted by molar-refractivity contribution is 0.124. The van der Waals surface area contributed by atoms with Crippen LogP contribution in [0.2, 0.25) is 0 Å². The molecule has 2 atom stereocenters. The zero-order valence-electron chi connectivity index (χ0n) is 10.00. The second-order valence-electron chi connectivity index (χ2n) is 5.25. The molecule has 0 aromatic carbocycles. The fourth-order valence-corrected chi connectivity index (χ4v) is 2.90. The topological polar surface area (TPSA) is 20.2 Å². The molecule has 1 fully saturated rings. The van der Waals surface area contributed by atoms with E-state index in [4.69, 9.17) is 0 Å². The summed E-state index contributed by atoms with van der Waals surface area (Å²) in [6.45, 7) is 6.53. The standard InChI is InChI=1S/C13H26O/c1-4-12-5-7-13(8-6-12)10(2)9-11(3)14/h10-14H,4-9H2,1-3H3. The van der Waals surface area contributed by atoms with Crippen LogP contribution >= 0.6 is 0 Å². The van der Waals surface area contributed by atoms with Gasteiger partial charge in [-0.25, -0.2) is 0 Å². The van der Waals surface area contributed by atoms with Gasteiger partial charge in [0.1, 0.15) is 0 Å². The van der Waals surface area contributed by atoms with Crippen molar-refractivity contribution in [1.29, 1.82) is 0 Å². The highest BCUT2D eigenvalue weighted by Gasteiger charge is 2.24. The third kappa shape index (κ3) is 3.61.